The average Bonchev–Trinajstić information content (AvgIpc) is 3.38. The van der Waals surface area contributed by atoms with Crippen molar-refractivity contribution in [2.24, 2.45) is 22.2 Å². The van der Waals surface area contributed by atoms with Gasteiger partial charge in [0.25, 0.3) is 0 Å². The molecule has 13 heteroatoms. The lowest BCUT2D eigenvalue weighted by Gasteiger charge is -2.28. The molecule has 1 saturated heterocycles. The van der Waals surface area contributed by atoms with E-state index >= 15 is 0 Å². The summed E-state index contributed by atoms with van der Waals surface area (Å²) >= 11 is 1.46. The highest BCUT2D eigenvalue weighted by atomic mass is 32.2. The van der Waals surface area contributed by atoms with Crippen molar-refractivity contribution < 1.29 is 24.3 Å². The topological polar surface area (TPSA) is 206 Å². The number of likely N-dealkylation sites (tertiary alicyclic amines) is 1. The van der Waals surface area contributed by atoms with Crippen molar-refractivity contribution in [1.29, 1.82) is 0 Å². The van der Waals surface area contributed by atoms with Gasteiger partial charge in [-0.3, -0.25) is 19.4 Å². The smallest absolute Gasteiger partial charge is 0.326 e. The van der Waals surface area contributed by atoms with Gasteiger partial charge < -0.3 is 37.8 Å². The second-order valence-corrected chi connectivity index (χ2v) is 10.2. The fourth-order valence-corrected chi connectivity index (χ4v) is 4.75. The second kappa shape index (κ2) is 15.8. The van der Waals surface area contributed by atoms with Gasteiger partial charge in [0.2, 0.25) is 17.7 Å². The van der Waals surface area contributed by atoms with E-state index in [1.165, 1.54) is 16.7 Å². The number of nitrogens with zero attached hydrogens (tertiary/aromatic N) is 2. The Morgan fingerprint density at radius 1 is 1.13 bits per heavy atom. The third kappa shape index (κ3) is 9.86. The van der Waals surface area contributed by atoms with E-state index in [4.69, 9.17) is 17.2 Å². The van der Waals surface area contributed by atoms with Crippen molar-refractivity contribution in [3.8, 4) is 0 Å². The molecule has 0 saturated carbocycles. The highest BCUT2D eigenvalue weighted by molar-refractivity contribution is 7.98. The molecule has 0 aliphatic carbocycles. The zero-order valence-electron chi connectivity index (χ0n) is 21.7. The number of thioether (sulfide) groups is 1. The molecule has 0 spiro atoms. The van der Waals surface area contributed by atoms with Gasteiger partial charge in [-0.25, -0.2) is 4.79 Å². The Morgan fingerprint density at radius 3 is 2.47 bits per heavy atom. The lowest BCUT2D eigenvalue weighted by atomic mass is 10.0. The van der Waals surface area contributed by atoms with Crippen LogP contribution in [-0.2, 0) is 25.6 Å². The molecule has 0 radical (unpaired) electrons. The Balaban J connectivity index is 2.09. The van der Waals surface area contributed by atoms with E-state index in [0.29, 0.717) is 38.0 Å². The van der Waals surface area contributed by atoms with E-state index in [-0.39, 0.29) is 31.3 Å². The molecule has 1 fully saturated rings. The number of rotatable bonds is 15. The SMILES string of the molecule is CSCCC(NC(=O)C(CCCN=C(N)N)NC(=O)C1CCCN1C(=O)C(N)Cc1ccccc1)C(=O)O. The molecule has 1 aromatic carbocycles. The summed E-state index contributed by atoms with van der Waals surface area (Å²) in [5.41, 5.74) is 17.8. The Kier molecular flexibility index (Phi) is 12.9. The highest BCUT2D eigenvalue weighted by Gasteiger charge is 2.37. The van der Waals surface area contributed by atoms with E-state index in [9.17, 15) is 24.3 Å². The number of nitrogens with one attached hydrogen (secondary N) is 2. The van der Waals surface area contributed by atoms with Crippen LogP contribution in [0.25, 0.3) is 0 Å². The summed E-state index contributed by atoms with van der Waals surface area (Å²) in [6, 6.07) is 5.69. The number of hydrogen-bond donors (Lipinski definition) is 6. The normalized spacial score (nSPS) is 17.2. The summed E-state index contributed by atoms with van der Waals surface area (Å²) in [4.78, 5) is 56.4. The standard InChI is InChI=1S/C25H39N7O5S/c1-38-14-11-19(24(36)37)31-21(33)18(9-5-12-29-25(27)28)30-22(34)20-10-6-13-32(20)23(35)17(26)15-16-7-3-2-4-8-16/h2-4,7-8,17-20H,5-6,9-15,26H2,1H3,(H,30,34)(H,31,33)(H,36,37)(H4,27,28,29). The Bertz CT molecular complexity index is 974. The Hall–Kier alpha value is -3.32. The lowest BCUT2D eigenvalue weighted by molar-refractivity contribution is -0.143. The summed E-state index contributed by atoms with van der Waals surface area (Å²) in [7, 11) is 0. The van der Waals surface area contributed by atoms with Gasteiger partial charge in [0.05, 0.1) is 6.04 Å². The number of carbonyl (C=O) groups is 4. The van der Waals surface area contributed by atoms with Crippen LogP contribution < -0.4 is 27.8 Å². The average molecular weight is 550 g/mol. The maximum atomic E-state index is 13.3. The van der Waals surface area contributed by atoms with E-state index in [1.807, 2.05) is 36.6 Å². The molecule has 1 aliphatic heterocycles. The Labute approximate surface area is 227 Å². The first-order valence-corrected chi connectivity index (χ1v) is 14.0. The van der Waals surface area contributed by atoms with E-state index in [1.54, 1.807) is 0 Å². The first-order chi connectivity index (χ1) is 18.1. The monoisotopic (exact) mass is 549 g/mol. The molecule has 210 valence electrons. The number of guanidine groups is 1. The zero-order chi connectivity index (χ0) is 28.1. The van der Waals surface area contributed by atoms with Crippen LogP contribution in [0.1, 0.15) is 37.7 Å². The molecule has 4 atom stereocenters. The molecular weight excluding hydrogens is 510 g/mol. The minimum Gasteiger partial charge on any atom is -0.480 e. The minimum atomic E-state index is -1.15. The molecule has 0 aromatic heterocycles. The van der Waals surface area contributed by atoms with Crippen LogP contribution >= 0.6 is 11.8 Å². The van der Waals surface area contributed by atoms with Crippen LogP contribution in [0.4, 0.5) is 0 Å². The van der Waals surface area contributed by atoms with E-state index in [2.05, 4.69) is 15.6 Å². The molecule has 38 heavy (non-hydrogen) atoms. The van der Waals surface area contributed by atoms with E-state index < -0.39 is 42.0 Å². The summed E-state index contributed by atoms with van der Waals surface area (Å²) in [6.07, 6.45) is 4.02. The van der Waals surface area contributed by atoms with Gasteiger partial charge in [0, 0.05) is 13.1 Å². The number of nitrogens with two attached hydrogens (primary N) is 3. The number of hydrogen-bond acceptors (Lipinski definition) is 7. The van der Waals surface area contributed by atoms with Crippen LogP contribution in [0.15, 0.2) is 35.3 Å². The first kappa shape index (κ1) is 30.9. The quantitative estimate of drug-likeness (QED) is 0.0937. The molecule has 12 nitrogen and oxygen atoms in total. The number of amides is 3. The summed E-state index contributed by atoms with van der Waals surface area (Å²) in [5, 5.41) is 14.8. The first-order valence-electron chi connectivity index (χ1n) is 12.6. The fraction of sp³-hybridized carbons (Fsp3) is 0.560. The third-order valence-electron chi connectivity index (χ3n) is 6.26. The fourth-order valence-electron chi connectivity index (χ4n) is 4.28. The zero-order valence-corrected chi connectivity index (χ0v) is 22.5. The summed E-state index contributed by atoms with van der Waals surface area (Å²) in [6.45, 7) is 0.621. The van der Waals surface area contributed by atoms with Gasteiger partial charge in [-0.1, -0.05) is 30.3 Å². The van der Waals surface area contributed by atoms with Gasteiger partial charge in [-0.15, -0.1) is 0 Å². The van der Waals surface area contributed by atoms with Crippen molar-refractivity contribution in [1.82, 2.24) is 15.5 Å². The van der Waals surface area contributed by atoms with Crippen LogP contribution in [0, 0.1) is 0 Å². The van der Waals surface area contributed by atoms with Crippen LogP contribution in [0.2, 0.25) is 0 Å². The van der Waals surface area contributed by atoms with Crippen molar-refractivity contribution >= 4 is 41.4 Å². The second-order valence-electron chi connectivity index (χ2n) is 9.18. The molecule has 3 amide bonds. The van der Waals surface area contributed by atoms with Gasteiger partial charge >= 0.3 is 5.97 Å². The molecule has 1 aromatic rings. The van der Waals surface area contributed by atoms with Crippen molar-refractivity contribution in [2.45, 2.75) is 62.7 Å². The van der Waals surface area contributed by atoms with Gasteiger partial charge in [0.1, 0.15) is 18.1 Å². The molecule has 0 bridgehead atoms. The van der Waals surface area contributed by atoms with Crippen molar-refractivity contribution in [3.63, 3.8) is 0 Å². The predicted octanol–water partition coefficient (Wildman–Crippen LogP) is -0.592. The molecule has 1 aliphatic rings. The van der Waals surface area contributed by atoms with Gasteiger partial charge in [0.15, 0.2) is 5.96 Å². The predicted molar refractivity (Wildman–Crippen MR) is 147 cm³/mol. The number of aliphatic imine (C=N–C) groups is 1. The number of carboxylic acid groups (broad SMARTS) is 1. The van der Waals surface area contributed by atoms with Crippen LogP contribution in [0.3, 0.4) is 0 Å². The molecule has 1 heterocycles. The van der Waals surface area contributed by atoms with Gasteiger partial charge in [-0.05, 0) is 56.1 Å². The Morgan fingerprint density at radius 2 is 1.84 bits per heavy atom. The number of carbonyl (C=O) groups excluding carboxylic acids is 3. The van der Waals surface area contributed by atoms with Crippen LogP contribution in [-0.4, -0.2) is 88.9 Å². The third-order valence-corrected chi connectivity index (χ3v) is 6.90. The van der Waals surface area contributed by atoms with Crippen molar-refractivity contribution in [3.05, 3.63) is 35.9 Å². The number of carboxylic acids is 1. The van der Waals surface area contributed by atoms with Crippen molar-refractivity contribution in [2.75, 3.05) is 25.1 Å². The molecule has 4 unspecified atom stereocenters. The molecule has 9 N–H and O–H groups in total. The van der Waals surface area contributed by atoms with E-state index in [0.717, 1.165) is 5.56 Å². The minimum absolute atomic E-state index is 0.0926. The van der Waals surface area contributed by atoms with Gasteiger partial charge in [-0.2, -0.15) is 11.8 Å². The summed E-state index contributed by atoms with van der Waals surface area (Å²) < 4.78 is 0. The maximum Gasteiger partial charge on any atom is 0.326 e. The molecular formula is C25H39N7O5S. The number of aliphatic carboxylic acids is 1. The largest absolute Gasteiger partial charge is 0.480 e. The molecule has 2 rings (SSSR count). The van der Waals surface area contributed by atoms with Crippen LogP contribution in [0.5, 0.6) is 0 Å². The summed E-state index contributed by atoms with van der Waals surface area (Å²) in [5.74, 6) is -2.14. The maximum absolute atomic E-state index is 13.3. The highest BCUT2D eigenvalue weighted by Crippen LogP contribution is 2.20. The number of benzene rings is 1. The lowest BCUT2D eigenvalue weighted by Crippen LogP contribution is -2.56.